The van der Waals surface area contributed by atoms with E-state index >= 15 is 0 Å². The van der Waals surface area contributed by atoms with E-state index in [2.05, 4.69) is 0 Å². The van der Waals surface area contributed by atoms with Crippen LogP contribution < -0.4 is 9.47 Å². The van der Waals surface area contributed by atoms with E-state index in [1.165, 1.54) is 50.4 Å². The summed E-state index contributed by atoms with van der Waals surface area (Å²) >= 11 is 0. The number of methoxy groups -OCH3 is 1. The Morgan fingerprint density at radius 2 is 1.58 bits per heavy atom. The first-order valence-electron chi connectivity index (χ1n) is 9.30. The van der Waals surface area contributed by atoms with Gasteiger partial charge in [0.2, 0.25) is 0 Å². The third kappa shape index (κ3) is 3.85. The fourth-order valence-electron chi connectivity index (χ4n) is 3.30. The molecular weight excluding hydrogens is 403 g/mol. The van der Waals surface area contributed by atoms with Crippen LogP contribution in [0.5, 0.6) is 17.2 Å². The average Bonchev–Trinajstić information content (AvgIpc) is 3.13. The number of benzene rings is 3. The Kier molecular flexibility index (Phi) is 5.17. The van der Waals surface area contributed by atoms with E-state index in [0.717, 1.165) is 0 Å². The highest BCUT2D eigenvalue weighted by Gasteiger charge is 2.24. The molecule has 6 nitrogen and oxygen atoms in total. The fourth-order valence-corrected chi connectivity index (χ4v) is 3.30. The second kappa shape index (κ2) is 7.95. The molecular formula is C24H17FO6. The number of hydrogen-bond acceptors (Lipinski definition) is 5. The Morgan fingerprint density at radius 1 is 0.968 bits per heavy atom. The van der Waals surface area contributed by atoms with Gasteiger partial charge in [0.15, 0.2) is 5.78 Å². The number of halogens is 1. The molecule has 0 spiro atoms. The third-order valence-corrected chi connectivity index (χ3v) is 4.77. The third-order valence-electron chi connectivity index (χ3n) is 4.77. The Balaban J connectivity index is 1.76. The van der Waals surface area contributed by atoms with Gasteiger partial charge in [0.25, 0.3) is 0 Å². The molecule has 31 heavy (non-hydrogen) atoms. The number of ketones is 1. The van der Waals surface area contributed by atoms with Crippen LogP contribution in [-0.4, -0.2) is 24.0 Å². The van der Waals surface area contributed by atoms with Crippen LogP contribution in [0, 0.1) is 5.82 Å². The molecule has 7 heteroatoms. The molecule has 0 unspecified atom stereocenters. The van der Waals surface area contributed by atoms with Crippen molar-refractivity contribution in [2.75, 3.05) is 7.11 Å². The Morgan fingerprint density at radius 3 is 2.13 bits per heavy atom. The number of hydrogen-bond donors (Lipinski definition) is 1. The number of furan rings is 1. The number of carbonyl (C=O) groups excluding carboxylic acids is 1. The maximum Gasteiger partial charge on any atom is 0.340 e. The minimum Gasteiger partial charge on any atom is -0.496 e. The number of rotatable bonds is 6. The van der Waals surface area contributed by atoms with Crippen LogP contribution >= 0.6 is 0 Å². The van der Waals surface area contributed by atoms with E-state index in [1.54, 1.807) is 24.3 Å². The summed E-state index contributed by atoms with van der Waals surface area (Å²) in [4.78, 5) is 23.9. The molecule has 4 aromatic rings. The fraction of sp³-hybridized carbons (Fsp3) is 0.0833. The lowest BCUT2D eigenvalue weighted by atomic mass is 10.0. The zero-order valence-electron chi connectivity index (χ0n) is 16.6. The van der Waals surface area contributed by atoms with Crippen molar-refractivity contribution in [3.63, 3.8) is 0 Å². The summed E-state index contributed by atoms with van der Waals surface area (Å²) in [6.07, 6.45) is 0. The number of carbonyl (C=O) groups is 2. The van der Waals surface area contributed by atoms with Gasteiger partial charge >= 0.3 is 5.97 Å². The maximum absolute atomic E-state index is 13.0. The van der Waals surface area contributed by atoms with E-state index < -0.39 is 5.97 Å². The number of carboxylic acid groups (broad SMARTS) is 1. The standard InChI is InChI=1S/C24H17FO6/c1-13(26)18-11-21-19(12-20(18)29-2)22(24(27)28)23(31-21)14-3-7-16(8-4-14)30-17-9-5-15(25)6-10-17/h3-12H,1-2H3,(H,27,28). The second-order valence-corrected chi connectivity index (χ2v) is 6.80. The predicted octanol–water partition coefficient (Wildman–Crippen LogP) is 5.94. The van der Waals surface area contributed by atoms with Crippen molar-refractivity contribution in [2.45, 2.75) is 6.92 Å². The summed E-state index contributed by atoms with van der Waals surface area (Å²) < 4.78 is 29.8. The lowest BCUT2D eigenvalue weighted by molar-refractivity contribution is 0.0699. The number of Topliss-reactive ketones (excluding diaryl/α,β-unsaturated/α-hetero) is 1. The van der Waals surface area contributed by atoms with E-state index in [0.29, 0.717) is 28.0 Å². The topological polar surface area (TPSA) is 86.0 Å². The normalized spacial score (nSPS) is 10.8. The smallest absolute Gasteiger partial charge is 0.340 e. The second-order valence-electron chi connectivity index (χ2n) is 6.80. The van der Waals surface area contributed by atoms with Crippen LogP contribution in [0.4, 0.5) is 4.39 Å². The number of fused-ring (bicyclic) bond motifs is 1. The average molecular weight is 420 g/mol. The van der Waals surface area contributed by atoms with Crippen molar-refractivity contribution < 1.29 is 33.0 Å². The van der Waals surface area contributed by atoms with E-state index in [-0.39, 0.29) is 34.3 Å². The molecule has 4 rings (SSSR count). The van der Waals surface area contributed by atoms with Gasteiger partial charge in [0.1, 0.15) is 40.0 Å². The van der Waals surface area contributed by atoms with Gasteiger partial charge in [-0.1, -0.05) is 0 Å². The largest absolute Gasteiger partial charge is 0.496 e. The van der Waals surface area contributed by atoms with Crippen LogP contribution in [-0.2, 0) is 0 Å². The van der Waals surface area contributed by atoms with Gasteiger partial charge < -0.3 is 19.0 Å². The molecule has 1 aromatic heterocycles. The molecule has 0 bridgehead atoms. The molecule has 0 radical (unpaired) electrons. The first-order valence-corrected chi connectivity index (χ1v) is 9.30. The van der Waals surface area contributed by atoms with Crippen molar-refractivity contribution in [2.24, 2.45) is 0 Å². The summed E-state index contributed by atoms with van der Waals surface area (Å²) in [6, 6.07) is 15.2. The molecule has 0 amide bonds. The zero-order valence-corrected chi connectivity index (χ0v) is 16.6. The highest BCUT2D eigenvalue weighted by Crippen LogP contribution is 2.38. The molecule has 156 valence electrons. The van der Waals surface area contributed by atoms with Crippen LogP contribution in [0.3, 0.4) is 0 Å². The minimum absolute atomic E-state index is 0.0318. The lowest BCUT2D eigenvalue weighted by Gasteiger charge is -2.06. The van der Waals surface area contributed by atoms with Crippen molar-refractivity contribution in [1.29, 1.82) is 0 Å². The molecule has 0 saturated carbocycles. The van der Waals surface area contributed by atoms with Gasteiger partial charge in [0, 0.05) is 10.9 Å². The highest BCUT2D eigenvalue weighted by molar-refractivity contribution is 6.10. The van der Waals surface area contributed by atoms with Crippen LogP contribution in [0.2, 0.25) is 0 Å². The molecule has 1 heterocycles. The minimum atomic E-state index is -1.17. The van der Waals surface area contributed by atoms with Crippen molar-refractivity contribution in [1.82, 2.24) is 0 Å². The maximum atomic E-state index is 13.0. The summed E-state index contributed by atoms with van der Waals surface area (Å²) in [5.74, 6) is -0.374. The number of carboxylic acids is 1. The van der Waals surface area contributed by atoms with Crippen molar-refractivity contribution in [3.8, 4) is 28.6 Å². The van der Waals surface area contributed by atoms with Gasteiger partial charge in [-0.05, 0) is 67.6 Å². The lowest BCUT2D eigenvalue weighted by Crippen LogP contribution is -1.99. The molecule has 1 N–H and O–H groups in total. The number of ether oxygens (including phenoxy) is 2. The summed E-state index contributed by atoms with van der Waals surface area (Å²) in [5.41, 5.74) is 1.05. The Bertz CT molecular complexity index is 1290. The van der Waals surface area contributed by atoms with Crippen LogP contribution in [0.25, 0.3) is 22.3 Å². The molecule has 0 fully saturated rings. The van der Waals surface area contributed by atoms with Gasteiger partial charge in [-0.2, -0.15) is 0 Å². The van der Waals surface area contributed by atoms with Crippen molar-refractivity contribution >= 4 is 22.7 Å². The van der Waals surface area contributed by atoms with Crippen molar-refractivity contribution in [3.05, 3.63) is 77.6 Å². The summed E-state index contributed by atoms with van der Waals surface area (Å²) in [7, 11) is 1.41. The van der Waals surface area contributed by atoms with Gasteiger partial charge in [-0.15, -0.1) is 0 Å². The van der Waals surface area contributed by atoms with E-state index in [1.807, 2.05) is 0 Å². The summed E-state index contributed by atoms with van der Waals surface area (Å²) in [6.45, 7) is 1.39. The molecule has 0 atom stereocenters. The molecule has 0 saturated heterocycles. The predicted molar refractivity (Wildman–Crippen MR) is 112 cm³/mol. The van der Waals surface area contributed by atoms with Crippen LogP contribution in [0.15, 0.2) is 65.1 Å². The van der Waals surface area contributed by atoms with Crippen LogP contribution in [0.1, 0.15) is 27.6 Å². The molecule has 3 aromatic carbocycles. The van der Waals surface area contributed by atoms with Gasteiger partial charge in [-0.3, -0.25) is 4.79 Å². The highest BCUT2D eigenvalue weighted by atomic mass is 19.1. The van der Waals surface area contributed by atoms with Gasteiger partial charge in [-0.25, -0.2) is 9.18 Å². The quantitative estimate of drug-likeness (QED) is 0.389. The van der Waals surface area contributed by atoms with E-state index in [9.17, 15) is 19.1 Å². The molecule has 0 aliphatic heterocycles. The Labute approximate surface area is 176 Å². The van der Waals surface area contributed by atoms with E-state index in [4.69, 9.17) is 13.9 Å². The number of aromatic carboxylic acids is 1. The molecule has 0 aliphatic rings. The van der Waals surface area contributed by atoms with Gasteiger partial charge in [0.05, 0.1) is 12.7 Å². The zero-order chi connectivity index (χ0) is 22.1. The summed E-state index contributed by atoms with van der Waals surface area (Å²) in [5, 5.41) is 10.1. The monoisotopic (exact) mass is 420 g/mol. The first kappa shape index (κ1) is 20.2. The SMILES string of the molecule is COc1cc2c(C(=O)O)c(-c3ccc(Oc4ccc(F)cc4)cc3)oc2cc1C(C)=O. The Hall–Kier alpha value is -4.13. The molecule has 0 aliphatic carbocycles. The first-order chi connectivity index (χ1) is 14.9.